The number of nitrogens with zero attached hydrogens (tertiary/aromatic N) is 1. The van der Waals surface area contributed by atoms with Gasteiger partial charge in [0.25, 0.3) is 10.0 Å². The van der Waals surface area contributed by atoms with E-state index in [2.05, 4.69) is 10.6 Å². The topological polar surface area (TPSA) is 78.5 Å². The first-order valence-electron chi connectivity index (χ1n) is 8.28. The van der Waals surface area contributed by atoms with E-state index in [4.69, 9.17) is 0 Å². The smallest absolute Gasteiger partial charge is 0.319 e. The van der Waals surface area contributed by atoms with Crippen LogP contribution in [0.25, 0.3) is 0 Å². The molecule has 132 valence electrons. The summed E-state index contributed by atoms with van der Waals surface area (Å²) >= 11 is 0. The Labute approximate surface area is 147 Å². The third-order valence-corrected chi connectivity index (χ3v) is 5.91. The zero-order valence-electron chi connectivity index (χ0n) is 14.0. The van der Waals surface area contributed by atoms with Crippen LogP contribution in [0.3, 0.4) is 0 Å². The number of benzene rings is 2. The van der Waals surface area contributed by atoms with Gasteiger partial charge >= 0.3 is 6.03 Å². The van der Waals surface area contributed by atoms with Crippen LogP contribution in [0.1, 0.15) is 18.9 Å². The van der Waals surface area contributed by atoms with E-state index >= 15 is 0 Å². The minimum absolute atomic E-state index is 0.271. The Balaban J connectivity index is 1.91. The molecule has 1 heterocycles. The van der Waals surface area contributed by atoms with Crippen LogP contribution in [-0.2, 0) is 16.4 Å². The van der Waals surface area contributed by atoms with Gasteiger partial charge in [-0.3, -0.25) is 4.31 Å². The van der Waals surface area contributed by atoms with Gasteiger partial charge in [-0.05, 0) is 55.7 Å². The van der Waals surface area contributed by atoms with E-state index in [0.717, 1.165) is 18.4 Å². The lowest BCUT2D eigenvalue weighted by molar-refractivity contribution is 0.252. The van der Waals surface area contributed by atoms with E-state index in [0.29, 0.717) is 24.5 Å². The molecule has 0 aromatic heterocycles. The molecule has 0 radical (unpaired) electrons. The highest BCUT2D eigenvalue weighted by molar-refractivity contribution is 7.92. The normalized spacial score (nSPS) is 13.9. The highest BCUT2D eigenvalue weighted by Crippen LogP contribution is 2.33. The minimum atomic E-state index is -3.59. The SMILES string of the molecule is CCNC(=O)Nc1ccc2c(c1)CCCN2S(=O)(=O)c1ccccc1. The summed E-state index contributed by atoms with van der Waals surface area (Å²) in [6.07, 6.45) is 1.52. The van der Waals surface area contributed by atoms with Gasteiger partial charge in [0.2, 0.25) is 0 Å². The lowest BCUT2D eigenvalue weighted by atomic mass is 10.0. The van der Waals surface area contributed by atoms with Crippen molar-refractivity contribution in [2.75, 3.05) is 22.7 Å². The molecule has 1 aliphatic heterocycles. The number of rotatable bonds is 4. The standard InChI is InChI=1S/C18H21N3O3S/c1-2-19-18(22)20-15-10-11-17-14(13-15)7-6-12-21(17)25(23,24)16-8-4-3-5-9-16/h3-5,8-11,13H,2,6-7,12H2,1H3,(H2,19,20,22). The maximum absolute atomic E-state index is 12.9. The second kappa shape index (κ2) is 7.14. The molecule has 3 rings (SSSR count). The predicted octanol–water partition coefficient (Wildman–Crippen LogP) is 2.97. The second-order valence-corrected chi connectivity index (χ2v) is 7.68. The molecular weight excluding hydrogens is 338 g/mol. The molecule has 6 nitrogen and oxygen atoms in total. The van der Waals surface area contributed by atoms with Crippen molar-refractivity contribution < 1.29 is 13.2 Å². The molecule has 2 amide bonds. The first-order chi connectivity index (χ1) is 12.0. The molecule has 2 N–H and O–H groups in total. The molecular formula is C18H21N3O3S. The van der Waals surface area contributed by atoms with E-state index in [1.54, 1.807) is 42.5 Å². The number of hydrogen-bond acceptors (Lipinski definition) is 3. The zero-order chi connectivity index (χ0) is 17.9. The summed E-state index contributed by atoms with van der Waals surface area (Å²) in [6.45, 7) is 2.84. The molecule has 0 saturated carbocycles. The molecule has 2 aromatic rings. The predicted molar refractivity (Wildman–Crippen MR) is 98.4 cm³/mol. The molecule has 0 aliphatic carbocycles. The van der Waals surface area contributed by atoms with Crippen LogP contribution in [0, 0.1) is 0 Å². The Morgan fingerprint density at radius 1 is 1.16 bits per heavy atom. The van der Waals surface area contributed by atoms with Gasteiger partial charge in [-0.1, -0.05) is 18.2 Å². The molecule has 0 atom stereocenters. The van der Waals surface area contributed by atoms with Gasteiger partial charge < -0.3 is 10.6 Å². The van der Waals surface area contributed by atoms with E-state index in [1.807, 2.05) is 13.0 Å². The Bertz CT molecular complexity index is 866. The quantitative estimate of drug-likeness (QED) is 0.881. The number of nitrogens with one attached hydrogen (secondary N) is 2. The average Bonchev–Trinajstić information content (AvgIpc) is 2.62. The summed E-state index contributed by atoms with van der Waals surface area (Å²) in [5, 5.41) is 5.43. The number of urea groups is 1. The summed E-state index contributed by atoms with van der Waals surface area (Å²) in [5.74, 6) is 0. The molecule has 2 aromatic carbocycles. The fraction of sp³-hybridized carbons (Fsp3) is 0.278. The van der Waals surface area contributed by atoms with Crippen molar-refractivity contribution in [3.63, 3.8) is 0 Å². The van der Waals surface area contributed by atoms with Crippen molar-refractivity contribution in [1.82, 2.24) is 5.32 Å². The van der Waals surface area contributed by atoms with Crippen molar-refractivity contribution in [2.45, 2.75) is 24.7 Å². The van der Waals surface area contributed by atoms with Crippen LogP contribution >= 0.6 is 0 Å². The highest BCUT2D eigenvalue weighted by atomic mass is 32.2. The Hall–Kier alpha value is -2.54. The second-order valence-electron chi connectivity index (χ2n) is 5.82. The van der Waals surface area contributed by atoms with Crippen LogP contribution in [-0.4, -0.2) is 27.5 Å². The van der Waals surface area contributed by atoms with E-state index in [1.165, 1.54) is 4.31 Å². The van der Waals surface area contributed by atoms with Gasteiger partial charge in [0.1, 0.15) is 0 Å². The molecule has 0 spiro atoms. The lowest BCUT2D eigenvalue weighted by Gasteiger charge is -2.30. The van der Waals surface area contributed by atoms with Crippen molar-refractivity contribution >= 4 is 27.4 Å². The number of fused-ring (bicyclic) bond motifs is 1. The van der Waals surface area contributed by atoms with Crippen molar-refractivity contribution in [2.24, 2.45) is 0 Å². The van der Waals surface area contributed by atoms with E-state index in [-0.39, 0.29) is 10.9 Å². The van der Waals surface area contributed by atoms with Crippen LogP contribution in [0.15, 0.2) is 53.4 Å². The van der Waals surface area contributed by atoms with E-state index < -0.39 is 10.0 Å². The fourth-order valence-corrected chi connectivity index (χ4v) is 4.51. The Kier molecular flexibility index (Phi) is 4.94. The molecule has 1 aliphatic rings. The summed E-state index contributed by atoms with van der Waals surface area (Å²) in [6, 6.07) is 13.5. The first-order valence-corrected chi connectivity index (χ1v) is 9.72. The molecule has 0 bridgehead atoms. The number of carbonyl (C=O) groups is 1. The molecule has 7 heteroatoms. The third kappa shape index (κ3) is 3.61. The first kappa shape index (κ1) is 17.3. The fourth-order valence-electron chi connectivity index (χ4n) is 2.95. The summed E-state index contributed by atoms with van der Waals surface area (Å²) in [7, 11) is -3.59. The van der Waals surface area contributed by atoms with Gasteiger partial charge in [-0.25, -0.2) is 13.2 Å². The van der Waals surface area contributed by atoms with Crippen LogP contribution < -0.4 is 14.9 Å². The number of amides is 2. The number of aryl methyl sites for hydroxylation is 1. The largest absolute Gasteiger partial charge is 0.338 e. The van der Waals surface area contributed by atoms with Gasteiger partial charge in [0, 0.05) is 18.8 Å². The van der Waals surface area contributed by atoms with Crippen molar-refractivity contribution in [1.29, 1.82) is 0 Å². The lowest BCUT2D eigenvalue weighted by Crippen LogP contribution is -2.35. The van der Waals surface area contributed by atoms with Gasteiger partial charge in [-0.2, -0.15) is 0 Å². The highest BCUT2D eigenvalue weighted by Gasteiger charge is 2.29. The summed E-state index contributed by atoms with van der Waals surface area (Å²) in [4.78, 5) is 11.9. The maximum Gasteiger partial charge on any atom is 0.319 e. The summed E-state index contributed by atoms with van der Waals surface area (Å²) < 4.78 is 27.3. The number of hydrogen-bond donors (Lipinski definition) is 2. The summed E-state index contributed by atoms with van der Waals surface area (Å²) in [5.41, 5.74) is 2.25. The van der Waals surface area contributed by atoms with Crippen molar-refractivity contribution in [3.05, 3.63) is 54.1 Å². The maximum atomic E-state index is 12.9. The van der Waals surface area contributed by atoms with E-state index in [9.17, 15) is 13.2 Å². The molecule has 0 unspecified atom stereocenters. The van der Waals surface area contributed by atoms with Gasteiger partial charge in [-0.15, -0.1) is 0 Å². The van der Waals surface area contributed by atoms with Crippen LogP contribution in [0.4, 0.5) is 16.2 Å². The molecule has 0 saturated heterocycles. The number of sulfonamides is 1. The van der Waals surface area contributed by atoms with Crippen LogP contribution in [0.5, 0.6) is 0 Å². The minimum Gasteiger partial charge on any atom is -0.338 e. The van der Waals surface area contributed by atoms with Gasteiger partial charge in [0.15, 0.2) is 0 Å². The monoisotopic (exact) mass is 359 g/mol. The van der Waals surface area contributed by atoms with Crippen LogP contribution in [0.2, 0.25) is 0 Å². The van der Waals surface area contributed by atoms with Gasteiger partial charge in [0.05, 0.1) is 10.6 Å². The Morgan fingerprint density at radius 2 is 1.92 bits per heavy atom. The van der Waals surface area contributed by atoms with Crippen molar-refractivity contribution in [3.8, 4) is 0 Å². The number of anilines is 2. The Morgan fingerprint density at radius 3 is 2.64 bits per heavy atom. The molecule has 25 heavy (non-hydrogen) atoms. The zero-order valence-corrected chi connectivity index (χ0v) is 14.8. The average molecular weight is 359 g/mol. The molecule has 0 fully saturated rings. The third-order valence-electron chi connectivity index (χ3n) is 4.08. The number of carbonyl (C=O) groups excluding carboxylic acids is 1.